The molecule has 594 valence electrons. The van der Waals surface area contributed by atoms with E-state index in [1.165, 1.54) is 369 Å². The Bertz CT molecular complexity index is 4320. The second-order valence-electron chi connectivity index (χ2n) is 33.5. The Morgan fingerprint density at radius 2 is 0.464 bits per heavy atom. The number of rotatable bonds is 50. The molecule has 11 aromatic rings. The highest BCUT2D eigenvalue weighted by Crippen LogP contribution is 2.54. The van der Waals surface area contributed by atoms with Gasteiger partial charge in [0.05, 0.1) is 51.7 Å². The van der Waals surface area contributed by atoms with Crippen molar-refractivity contribution >= 4 is 88.2 Å². The van der Waals surface area contributed by atoms with Crippen molar-refractivity contribution in [3.8, 4) is 82.7 Å². The molecule has 110 heavy (non-hydrogen) atoms. The molecule has 0 aliphatic heterocycles. The zero-order chi connectivity index (χ0) is 77.5. The van der Waals surface area contributed by atoms with E-state index < -0.39 is 0 Å². The summed E-state index contributed by atoms with van der Waals surface area (Å²) in [6, 6.07) is 35.5. The second kappa shape index (κ2) is 43.6. The number of aryl methyl sites for hydroxylation is 12. The fraction of sp³-hybridized carbons (Fsp3) is 0.549. The molecule has 0 spiro atoms. The summed E-state index contributed by atoms with van der Waals surface area (Å²) in [4.78, 5) is 14.9. The molecule has 8 heterocycles. The zero-order valence-electron chi connectivity index (χ0n) is 71.1. The number of thiophene rings is 6. The highest BCUT2D eigenvalue weighted by molar-refractivity contribution is 7.33. The standard InChI is InChI=1S/C102H140N2S6/c1-15-21-27-33-39-45-51-77-67-89(93-73(9)63-71(7)64-74(93)10)105-95(77)85-59-61-87(103(85)13)97-79(53-47-41-35-29-23-17-3)69-91(107-97)99-81(55-49-43-37-31-25-19-5)83-57-58-84-82(56-50-44-38-32-26-20-6)100(110-102(84)101(83)109-99)92-70-80(54-48-42-36-30-24-18-4)98(108-92)88-62-60-86(104(88)14)96-78(52-46-40-34-28-22-16-2)68-90(106-96)94-75(11)65-72(8)66-76(94)12/h57-70H,15-56H2,1-14H3. The van der Waals surface area contributed by atoms with Crippen molar-refractivity contribution in [1.29, 1.82) is 0 Å². The van der Waals surface area contributed by atoms with Gasteiger partial charge in [-0.3, -0.25) is 0 Å². The number of benzene rings is 3. The van der Waals surface area contributed by atoms with Crippen molar-refractivity contribution in [2.75, 3.05) is 0 Å². The van der Waals surface area contributed by atoms with E-state index in [9.17, 15) is 0 Å². The molecular formula is C102H140N2S6. The van der Waals surface area contributed by atoms with Crippen molar-refractivity contribution in [2.24, 2.45) is 14.1 Å². The molecule has 0 fully saturated rings. The molecular weight excluding hydrogens is 1450 g/mol. The van der Waals surface area contributed by atoms with Crippen LogP contribution in [0.25, 0.3) is 103 Å². The second-order valence-corrected chi connectivity index (χ2v) is 39.7. The van der Waals surface area contributed by atoms with Gasteiger partial charge in [-0.15, -0.1) is 68.0 Å². The largest absolute Gasteiger partial charge is 0.342 e. The van der Waals surface area contributed by atoms with E-state index >= 15 is 0 Å². The fourth-order valence-electron chi connectivity index (χ4n) is 18.1. The van der Waals surface area contributed by atoms with Crippen LogP contribution in [0.15, 0.2) is 84.9 Å². The topological polar surface area (TPSA) is 9.86 Å². The summed E-state index contributed by atoms with van der Waals surface area (Å²) in [7, 11) is 4.80. The van der Waals surface area contributed by atoms with Crippen molar-refractivity contribution in [3.05, 3.63) is 152 Å². The number of nitrogens with zero attached hydrogens (tertiary/aromatic N) is 2. The van der Waals surface area contributed by atoms with Gasteiger partial charge in [-0.2, -0.15) is 0 Å². The number of hydrogen-bond donors (Lipinski definition) is 0. The predicted molar refractivity (Wildman–Crippen MR) is 501 cm³/mol. The fourth-order valence-corrected chi connectivity index (χ4v) is 26.6. The van der Waals surface area contributed by atoms with Crippen molar-refractivity contribution in [2.45, 2.75) is 353 Å². The van der Waals surface area contributed by atoms with Gasteiger partial charge in [0.15, 0.2) is 0 Å². The normalized spacial score (nSPS) is 12.0. The maximum Gasteiger partial charge on any atom is 0.0587 e. The lowest BCUT2D eigenvalue weighted by atomic mass is 9.97. The van der Waals surface area contributed by atoms with E-state index in [0.29, 0.717) is 0 Å². The summed E-state index contributed by atoms with van der Waals surface area (Å²) in [5.41, 5.74) is 26.1. The van der Waals surface area contributed by atoms with Gasteiger partial charge < -0.3 is 9.13 Å². The van der Waals surface area contributed by atoms with Crippen LogP contribution >= 0.6 is 68.0 Å². The van der Waals surface area contributed by atoms with Crippen LogP contribution in [0, 0.1) is 41.5 Å². The number of unbranched alkanes of at least 4 members (excludes halogenated alkanes) is 30. The van der Waals surface area contributed by atoms with Crippen LogP contribution < -0.4 is 0 Å². The SMILES string of the molecule is CCCCCCCCc1cc(-c2sc3c(ccc4c(CCCCCCCC)c(-c5cc(CCCCCCCC)c(-c6ccc(-c7sc(-c8c(C)cc(C)cc8C)cc7CCCCCCCC)n6C)s5)sc43)c2CCCCCCCC)sc1-c1ccc(-c2sc(-c3c(C)cc(C)cc3C)cc2CCCCCCCC)n1C. The van der Waals surface area contributed by atoms with Crippen LogP contribution in [0.2, 0.25) is 0 Å². The molecule has 0 unspecified atom stereocenters. The first-order valence-corrected chi connectivity index (χ1v) is 49.6. The number of hydrogen-bond acceptors (Lipinski definition) is 6. The van der Waals surface area contributed by atoms with Crippen LogP contribution in [0.5, 0.6) is 0 Å². The molecule has 8 aromatic heterocycles. The summed E-state index contributed by atoms with van der Waals surface area (Å²) >= 11 is 12.7. The van der Waals surface area contributed by atoms with Gasteiger partial charge in [0.1, 0.15) is 0 Å². The maximum atomic E-state index is 2.72. The molecule has 0 amide bonds. The zero-order valence-corrected chi connectivity index (χ0v) is 76.0. The lowest BCUT2D eigenvalue weighted by Gasteiger charge is -2.10. The van der Waals surface area contributed by atoms with Gasteiger partial charge in [0.25, 0.3) is 0 Å². The summed E-state index contributed by atoms with van der Waals surface area (Å²) < 4.78 is 8.31. The average molecular weight is 1590 g/mol. The molecule has 0 saturated carbocycles. The van der Waals surface area contributed by atoms with Crippen molar-refractivity contribution in [1.82, 2.24) is 9.13 Å². The third-order valence-corrected chi connectivity index (χ3v) is 32.0. The average Bonchev–Trinajstić information content (AvgIpc) is 1.57. The number of aromatic nitrogens is 2. The van der Waals surface area contributed by atoms with Crippen LogP contribution in [0.1, 0.15) is 339 Å². The molecule has 0 atom stereocenters. The Morgan fingerprint density at radius 1 is 0.236 bits per heavy atom. The predicted octanol–water partition coefficient (Wildman–Crippen LogP) is 35.6. The van der Waals surface area contributed by atoms with Gasteiger partial charge >= 0.3 is 0 Å². The van der Waals surface area contributed by atoms with E-state index in [-0.39, 0.29) is 0 Å². The Morgan fingerprint density at radius 3 is 0.727 bits per heavy atom. The molecule has 2 nitrogen and oxygen atoms in total. The maximum absolute atomic E-state index is 2.72. The Labute approximate surface area is 692 Å². The first kappa shape index (κ1) is 85.8. The van der Waals surface area contributed by atoms with Crippen LogP contribution in [-0.2, 0) is 52.6 Å². The molecule has 8 heteroatoms. The number of fused-ring (bicyclic) bond motifs is 3. The van der Waals surface area contributed by atoms with E-state index in [4.69, 9.17) is 0 Å². The van der Waals surface area contributed by atoms with Gasteiger partial charge in [-0.25, -0.2) is 0 Å². The van der Waals surface area contributed by atoms with E-state index in [1.807, 2.05) is 22.7 Å². The first-order chi connectivity index (χ1) is 53.7. The lowest BCUT2D eigenvalue weighted by molar-refractivity contribution is 0.608. The highest BCUT2D eigenvalue weighted by Gasteiger charge is 2.28. The van der Waals surface area contributed by atoms with Gasteiger partial charge in [-0.1, -0.05) is 282 Å². The minimum Gasteiger partial charge on any atom is -0.342 e. The van der Waals surface area contributed by atoms with Crippen LogP contribution in [0.3, 0.4) is 0 Å². The van der Waals surface area contributed by atoms with Crippen molar-refractivity contribution < 1.29 is 0 Å². The highest BCUT2D eigenvalue weighted by atomic mass is 32.1. The Kier molecular flexibility index (Phi) is 34.0. The molecule has 3 aromatic carbocycles. The van der Waals surface area contributed by atoms with Crippen LogP contribution in [0.4, 0.5) is 0 Å². The van der Waals surface area contributed by atoms with Crippen LogP contribution in [-0.4, -0.2) is 9.13 Å². The molecule has 0 saturated heterocycles. The lowest BCUT2D eigenvalue weighted by Crippen LogP contribution is -1.96. The monoisotopic (exact) mass is 1580 g/mol. The summed E-state index contributed by atoms with van der Waals surface area (Å²) in [5.74, 6) is 0. The molecule has 0 bridgehead atoms. The smallest absolute Gasteiger partial charge is 0.0587 e. The Balaban J connectivity index is 1.03. The molecule has 0 N–H and O–H groups in total. The third kappa shape index (κ3) is 21.7. The summed E-state index contributed by atoms with van der Waals surface area (Å²) in [6.07, 6.45) is 54.0. The molecule has 0 radical (unpaired) electrons. The third-order valence-electron chi connectivity index (χ3n) is 24.2. The quantitative estimate of drug-likeness (QED) is 0.0336. The minimum atomic E-state index is 1.13. The molecule has 0 aliphatic rings. The van der Waals surface area contributed by atoms with Gasteiger partial charge in [-0.05, 0) is 245 Å². The summed E-state index contributed by atoms with van der Waals surface area (Å²) in [6.45, 7) is 27.9. The Hall–Kier alpha value is -5.06. The molecule has 11 rings (SSSR count). The first-order valence-electron chi connectivity index (χ1n) is 44.7. The van der Waals surface area contributed by atoms with Gasteiger partial charge in [0, 0.05) is 43.4 Å². The van der Waals surface area contributed by atoms with E-state index in [1.54, 1.807) is 32.0 Å². The molecule has 0 aliphatic carbocycles. The van der Waals surface area contributed by atoms with Gasteiger partial charge in [0.2, 0.25) is 0 Å². The van der Waals surface area contributed by atoms with Crippen molar-refractivity contribution in [3.63, 3.8) is 0 Å². The van der Waals surface area contributed by atoms with E-state index in [2.05, 4.69) is 237 Å². The summed E-state index contributed by atoms with van der Waals surface area (Å²) in [5, 5.41) is 3.05. The van der Waals surface area contributed by atoms with E-state index in [0.717, 1.165) is 38.5 Å². The minimum absolute atomic E-state index is 1.13.